The van der Waals surface area contributed by atoms with Crippen molar-refractivity contribution in [2.45, 2.75) is 29.7 Å². The average molecular weight is 374 g/mol. The summed E-state index contributed by atoms with van der Waals surface area (Å²) in [6.07, 6.45) is 2.39. The van der Waals surface area contributed by atoms with Crippen molar-refractivity contribution >= 4 is 11.8 Å². The van der Waals surface area contributed by atoms with Gasteiger partial charge in [0.05, 0.1) is 11.4 Å². The van der Waals surface area contributed by atoms with E-state index in [-0.39, 0.29) is 0 Å². The van der Waals surface area contributed by atoms with Crippen LogP contribution in [0, 0.1) is 0 Å². The molecule has 0 spiro atoms. The third-order valence-corrected chi connectivity index (χ3v) is 5.39. The summed E-state index contributed by atoms with van der Waals surface area (Å²) < 4.78 is 7.47. The van der Waals surface area contributed by atoms with E-state index in [4.69, 9.17) is 14.6 Å². The first-order chi connectivity index (χ1) is 13.4. The molecule has 4 aromatic rings. The summed E-state index contributed by atoms with van der Waals surface area (Å²) in [5.74, 6) is 3.07. The van der Waals surface area contributed by atoms with E-state index in [2.05, 4.69) is 17.3 Å². The average Bonchev–Trinajstić information content (AvgIpc) is 3.31. The van der Waals surface area contributed by atoms with Gasteiger partial charge in [0.1, 0.15) is 17.3 Å². The van der Waals surface area contributed by atoms with Crippen LogP contribution in [-0.2, 0) is 5.75 Å². The van der Waals surface area contributed by atoms with Gasteiger partial charge in [-0.15, -0.1) is 5.10 Å². The van der Waals surface area contributed by atoms with Gasteiger partial charge in [-0.25, -0.2) is 9.67 Å². The fourth-order valence-corrected chi connectivity index (χ4v) is 3.70. The zero-order valence-electron chi connectivity index (χ0n) is 14.7. The number of thioether (sulfide) groups is 1. The first-order valence-electron chi connectivity index (χ1n) is 9.03. The van der Waals surface area contributed by atoms with Crippen molar-refractivity contribution in [3.8, 4) is 16.9 Å². The predicted molar refractivity (Wildman–Crippen MR) is 105 cm³/mol. The van der Waals surface area contributed by atoms with Gasteiger partial charge in [0, 0.05) is 17.5 Å². The molecule has 5 nitrogen and oxygen atoms in total. The molecular formula is C21H18N4OS. The highest BCUT2D eigenvalue weighted by Gasteiger charge is 2.30. The van der Waals surface area contributed by atoms with Gasteiger partial charge in [0.2, 0.25) is 5.16 Å². The van der Waals surface area contributed by atoms with E-state index < -0.39 is 0 Å². The van der Waals surface area contributed by atoms with Crippen LogP contribution < -0.4 is 0 Å². The molecule has 2 aromatic heterocycles. The normalized spacial score (nSPS) is 13.8. The molecule has 6 heteroatoms. The van der Waals surface area contributed by atoms with Gasteiger partial charge < -0.3 is 4.52 Å². The molecule has 1 fully saturated rings. The summed E-state index contributed by atoms with van der Waals surface area (Å²) in [5.41, 5.74) is 2.97. The van der Waals surface area contributed by atoms with Gasteiger partial charge in [-0.05, 0) is 25.0 Å². The van der Waals surface area contributed by atoms with Crippen LogP contribution in [0.1, 0.15) is 30.3 Å². The topological polar surface area (TPSA) is 56.7 Å². The number of benzene rings is 2. The molecule has 0 N–H and O–H groups in total. The minimum Gasteiger partial charge on any atom is -0.360 e. The Hall–Kier alpha value is -2.86. The van der Waals surface area contributed by atoms with E-state index in [1.54, 1.807) is 11.8 Å². The third-order valence-electron chi connectivity index (χ3n) is 4.53. The van der Waals surface area contributed by atoms with Crippen molar-refractivity contribution in [3.63, 3.8) is 0 Å². The van der Waals surface area contributed by atoms with Gasteiger partial charge in [0.25, 0.3) is 0 Å². The van der Waals surface area contributed by atoms with E-state index in [1.165, 1.54) is 12.8 Å². The van der Waals surface area contributed by atoms with Gasteiger partial charge in [0.15, 0.2) is 0 Å². The molecule has 0 aliphatic heterocycles. The summed E-state index contributed by atoms with van der Waals surface area (Å²) in [6.45, 7) is 0. The van der Waals surface area contributed by atoms with E-state index in [9.17, 15) is 0 Å². The molecule has 2 aromatic carbocycles. The van der Waals surface area contributed by atoms with Gasteiger partial charge >= 0.3 is 0 Å². The standard InChI is InChI=1S/C21H18N4OS/c1-3-7-15(8-4-1)19-13-18(26-24-19)14-27-21-22-20(16-11-12-16)25(23-21)17-9-5-2-6-10-17/h1-10,13,16H,11-12,14H2. The molecule has 1 saturated carbocycles. The van der Waals surface area contributed by atoms with E-state index in [0.717, 1.165) is 33.7 Å². The fourth-order valence-electron chi connectivity index (χ4n) is 2.99. The smallest absolute Gasteiger partial charge is 0.209 e. The van der Waals surface area contributed by atoms with Crippen LogP contribution in [0.5, 0.6) is 0 Å². The van der Waals surface area contributed by atoms with Crippen LogP contribution in [-0.4, -0.2) is 19.9 Å². The second kappa shape index (κ2) is 7.04. The quantitative estimate of drug-likeness (QED) is 0.440. The maximum absolute atomic E-state index is 5.49. The van der Waals surface area contributed by atoms with Gasteiger partial charge in [-0.3, -0.25) is 0 Å². The van der Waals surface area contributed by atoms with Crippen molar-refractivity contribution in [1.29, 1.82) is 0 Å². The zero-order valence-corrected chi connectivity index (χ0v) is 15.5. The monoisotopic (exact) mass is 374 g/mol. The first-order valence-corrected chi connectivity index (χ1v) is 10.0. The number of aromatic nitrogens is 4. The molecule has 0 bridgehead atoms. The van der Waals surface area contributed by atoms with Crippen LogP contribution in [0.3, 0.4) is 0 Å². The van der Waals surface area contributed by atoms with Crippen LogP contribution in [0.2, 0.25) is 0 Å². The lowest BCUT2D eigenvalue weighted by Gasteiger charge is -2.03. The van der Waals surface area contributed by atoms with Crippen molar-refractivity contribution in [2.24, 2.45) is 0 Å². The second-order valence-corrected chi connectivity index (χ2v) is 7.55. The highest BCUT2D eigenvalue weighted by molar-refractivity contribution is 7.98. The largest absolute Gasteiger partial charge is 0.360 e. The van der Waals surface area contributed by atoms with Crippen molar-refractivity contribution in [2.75, 3.05) is 0 Å². The van der Waals surface area contributed by atoms with Crippen LogP contribution in [0.25, 0.3) is 16.9 Å². The van der Waals surface area contributed by atoms with Crippen LogP contribution in [0.15, 0.2) is 76.4 Å². The summed E-state index contributed by atoms with van der Waals surface area (Å²) in [7, 11) is 0. The Kier molecular flexibility index (Phi) is 4.26. The number of nitrogens with zero attached hydrogens (tertiary/aromatic N) is 4. The number of para-hydroxylation sites is 1. The lowest BCUT2D eigenvalue weighted by molar-refractivity contribution is 0.397. The first kappa shape index (κ1) is 16.3. The molecule has 0 unspecified atom stereocenters. The molecule has 1 aliphatic carbocycles. The Bertz CT molecular complexity index is 1040. The van der Waals surface area contributed by atoms with Gasteiger partial charge in [-0.1, -0.05) is 65.4 Å². The lowest BCUT2D eigenvalue weighted by Crippen LogP contribution is -2.01. The molecule has 0 atom stereocenters. The Labute approximate surface area is 161 Å². The summed E-state index contributed by atoms with van der Waals surface area (Å²) in [4.78, 5) is 4.78. The third kappa shape index (κ3) is 3.53. The van der Waals surface area contributed by atoms with Crippen molar-refractivity contribution in [3.05, 3.63) is 78.3 Å². The molecule has 1 aliphatic rings. The Morgan fingerprint density at radius 3 is 2.48 bits per heavy atom. The Morgan fingerprint density at radius 2 is 1.74 bits per heavy atom. The van der Waals surface area contributed by atoms with E-state index in [0.29, 0.717) is 11.7 Å². The lowest BCUT2D eigenvalue weighted by atomic mass is 10.1. The van der Waals surface area contributed by atoms with E-state index >= 15 is 0 Å². The highest BCUT2D eigenvalue weighted by atomic mass is 32.2. The minimum atomic E-state index is 0.530. The van der Waals surface area contributed by atoms with Crippen molar-refractivity contribution in [1.82, 2.24) is 19.9 Å². The molecule has 27 heavy (non-hydrogen) atoms. The molecule has 2 heterocycles. The number of rotatable bonds is 6. The predicted octanol–water partition coefficient (Wildman–Crippen LogP) is 5.09. The van der Waals surface area contributed by atoms with Crippen LogP contribution >= 0.6 is 11.8 Å². The molecule has 5 rings (SSSR count). The fraction of sp³-hybridized carbons (Fsp3) is 0.190. The maximum Gasteiger partial charge on any atom is 0.209 e. The Morgan fingerprint density at radius 1 is 1.00 bits per heavy atom. The van der Waals surface area contributed by atoms with Gasteiger partial charge in [-0.2, -0.15) is 0 Å². The maximum atomic E-state index is 5.49. The Balaban J connectivity index is 1.34. The number of hydrogen-bond acceptors (Lipinski definition) is 5. The summed E-state index contributed by atoms with van der Waals surface area (Å²) in [6, 6.07) is 22.2. The molecule has 0 saturated heterocycles. The minimum absolute atomic E-state index is 0.530. The molecule has 134 valence electrons. The summed E-state index contributed by atoms with van der Waals surface area (Å²) >= 11 is 1.58. The molecular weight excluding hydrogens is 356 g/mol. The number of hydrogen-bond donors (Lipinski definition) is 0. The SMILES string of the molecule is c1ccc(-c2cc(CSc3nc(C4CC4)n(-c4ccccc4)n3)on2)cc1. The van der Waals surface area contributed by atoms with Crippen LogP contribution in [0.4, 0.5) is 0 Å². The highest BCUT2D eigenvalue weighted by Crippen LogP contribution is 2.40. The molecule has 0 radical (unpaired) electrons. The van der Waals surface area contributed by atoms with E-state index in [1.807, 2.05) is 59.3 Å². The molecule has 0 amide bonds. The van der Waals surface area contributed by atoms with Crippen molar-refractivity contribution < 1.29 is 4.52 Å². The second-order valence-electron chi connectivity index (χ2n) is 6.61. The zero-order chi connectivity index (χ0) is 18.1. The summed E-state index contributed by atoms with van der Waals surface area (Å²) in [5, 5.41) is 9.68.